The quantitative estimate of drug-likeness (QED) is 0.134. The van der Waals surface area contributed by atoms with Crippen LogP contribution in [0.25, 0.3) is 134 Å². The lowest BCUT2D eigenvalue weighted by Gasteiger charge is -2.22. The normalized spacial score (nSPS) is 13.1. The summed E-state index contributed by atoms with van der Waals surface area (Å²) in [5, 5.41) is 10.0. The number of fused-ring (bicyclic) bond motifs is 11. The van der Waals surface area contributed by atoms with Crippen LogP contribution in [-0.2, 0) is 5.41 Å². The van der Waals surface area contributed by atoms with Gasteiger partial charge in [0, 0.05) is 38.3 Å². The van der Waals surface area contributed by atoms with Crippen molar-refractivity contribution in [2.75, 3.05) is 0 Å². The molecular weight excluding hydrogens is 929 g/mol. The first-order valence-electron chi connectivity index (χ1n) is 26.8. The molecule has 1 aliphatic rings. The van der Waals surface area contributed by atoms with Crippen molar-refractivity contribution >= 4 is 89.5 Å². The van der Waals surface area contributed by atoms with Crippen LogP contribution >= 0.6 is 0 Å². The Balaban J connectivity index is 0.711. The molecule has 77 heavy (non-hydrogen) atoms. The summed E-state index contributed by atoms with van der Waals surface area (Å²) in [6.45, 7) is 4.76. The molecule has 1 aliphatic carbocycles. The van der Waals surface area contributed by atoms with Gasteiger partial charge in [-0.05, 0) is 149 Å². The Morgan fingerprint density at radius 3 is 1.08 bits per heavy atom. The number of benzene rings is 12. The molecule has 0 spiro atoms. The Kier molecular flexibility index (Phi) is 10.3. The summed E-state index contributed by atoms with van der Waals surface area (Å²) < 4.78 is 4.76. The van der Waals surface area contributed by atoms with Crippen LogP contribution in [0.15, 0.2) is 255 Å². The first-order valence-corrected chi connectivity index (χ1v) is 26.8. The largest absolute Gasteiger partial charge is 0.309 e. The summed E-state index contributed by atoms with van der Waals surface area (Å²) in [7, 11) is 0. The van der Waals surface area contributed by atoms with Gasteiger partial charge >= 0.3 is 0 Å². The van der Waals surface area contributed by atoms with E-state index < -0.39 is 0 Å². The van der Waals surface area contributed by atoms with E-state index in [1.54, 1.807) is 0 Å². The predicted octanol–water partition coefficient (Wildman–Crippen LogP) is 20.2. The summed E-state index contributed by atoms with van der Waals surface area (Å²) in [5.41, 5.74) is 22.1. The monoisotopic (exact) mass is 980 g/mol. The van der Waals surface area contributed by atoms with Gasteiger partial charge in [0.05, 0.1) is 22.1 Å². The Labute approximate surface area is 448 Å². The van der Waals surface area contributed by atoms with Crippen molar-refractivity contribution in [3.63, 3.8) is 0 Å². The number of hydrogen-bond donors (Lipinski definition) is 0. The number of rotatable bonds is 8. The van der Waals surface area contributed by atoms with Crippen LogP contribution < -0.4 is 0 Å². The zero-order valence-electron chi connectivity index (χ0n) is 43.0. The molecule has 2 aromatic heterocycles. The lowest BCUT2D eigenvalue weighted by atomic mass is 9.81. The van der Waals surface area contributed by atoms with Crippen molar-refractivity contribution in [2.45, 2.75) is 19.3 Å². The second-order valence-corrected chi connectivity index (χ2v) is 21.2. The highest BCUT2D eigenvalue weighted by Crippen LogP contribution is 2.50. The standard InChI is InChI=1S/C75H52N2/c1-75(2)69-45-49(29-33-51-35-41-59(61-23-11-9-21-57(51)61)53-37-43-73-67(47-53)65-25-13-15-27-71(65)76(73)55-17-5-3-6-18-55)31-39-63(69)64-40-32-50(46-70(64)75)30-34-52-36-42-60(62-24-12-10-22-58(52)62)54-38-44-74-68(48-54)66-26-14-16-28-72(66)77(74)56-19-7-4-8-20-56/h3-48H,1-2H3. The zero-order valence-corrected chi connectivity index (χ0v) is 43.0. The van der Waals surface area contributed by atoms with Gasteiger partial charge in [-0.3, -0.25) is 0 Å². The molecule has 2 heteroatoms. The fourth-order valence-corrected chi connectivity index (χ4v) is 12.8. The molecule has 12 aromatic carbocycles. The van der Waals surface area contributed by atoms with Crippen molar-refractivity contribution in [1.29, 1.82) is 0 Å². The van der Waals surface area contributed by atoms with Gasteiger partial charge in [-0.15, -0.1) is 0 Å². The molecule has 0 aliphatic heterocycles. The molecular formula is C75H52N2. The highest BCUT2D eigenvalue weighted by molar-refractivity contribution is 6.13. The number of nitrogens with zero attached hydrogens (tertiary/aromatic N) is 2. The average Bonchev–Trinajstić information content (AvgIpc) is 4.11. The molecule has 0 radical (unpaired) electrons. The van der Waals surface area contributed by atoms with Gasteiger partial charge in [-0.25, -0.2) is 0 Å². The lowest BCUT2D eigenvalue weighted by Crippen LogP contribution is -2.15. The molecule has 2 heterocycles. The van der Waals surface area contributed by atoms with Crippen LogP contribution in [0, 0.1) is 0 Å². The van der Waals surface area contributed by atoms with Gasteiger partial charge in [-0.2, -0.15) is 0 Å². The van der Waals surface area contributed by atoms with Gasteiger partial charge in [0.1, 0.15) is 0 Å². The summed E-state index contributed by atoms with van der Waals surface area (Å²) in [5.74, 6) is 0. The van der Waals surface area contributed by atoms with Crippen molar-refractivity contribution in [2.24, 2.45) is 0 Å². The van der Waals surface area contributed by atoms with Crippen LogP contribution in [0.1, 0.15) is 47.2 Å². The van der Waals surface area contributed by atoms with E-state index in [9.17, 15) is 0 Å². The van der Waals surface area contributed by atoms with Crippen LogP contribution in [0.4, 0.5) is 0 Å². The summed E-state index contributed by atoms with van der Waals surface area (Å²) >= 11 is 0. The highest BCUT2D eigenvalue weighted by atomic mass is 15.0. The van der Waals surface area contributed by atoms with E-state index in [0.29, 0.717) is 0 Å². The molecule has 15 rings (SSSR count). The number of hydrogen-bond acceptors (Lipinski definition) is 0. The molecule has 0 N–H and O–H groups in total. The van der Waals surface area contributed by atoms with Gasteiger partial charge in [0.2, 0.25) is 0 Å². The Hall–Kier alpha value is -9.76. The SMILES string of the molecule is CC1(C)c2cc(C=Cc3ccc(-c4ccc5c(c4)c4ccccc4n5-c4ccccc4)c4ccccc34)ccc2-c2ccc(C=Cc3ccc(-c4ccc5c(c4)c4ccccc4n5-c4ccccc4)c4ccccc34)cc21. The van der Waals surface area contributed by atoms with E-state index in [4.69, 9.17) is 0 Å². The topological polar surface area (TPSA) is 9.86 Å². The average molecular weight is 981 g/mol. The Bertz CT molecular complexity index is 4450. The summed E-state index contributed by atoms with van der Waals surface area (Å²) in [6, 6.07) is 93.7. The molecule has 0 amide bonds. The first kappa shape index (κ1) is 44.7. The van der Waals surface area contributed by atoms with Crippen LogP contribution in [0.5, 0.6) is 0 Å². The number of aromatic nitrogens is 2. The van der Waals surface area contributed by atoms with Gasteiger partial charge in [-0.1, -0.05) is 232 Å². The van der Waals surface area contributed by atoms with Crippen molar-refractivity contribution in [3.05, 3.63) is 288 Å². The van der Waals surface area contributed by atoms with Gasteiger partial charge < -0.3 is 9.13 Å². The van der Waals surface area contributed by atoms with Crippen molar-refractivity contribution < 1.29 is 0 Å². The van der Waals surface area contributed by atoms with Crippen molar-refractivity contribution in [3.8, 4) is 44.8 Å². The Morgan fingerprint density at radius 1 is 0.273 bits per heavy atom. The van der Waals surface area contributed by atoms with Crippen LogP contribution in [0.3, 0.4) is 0 Å². The highest BCUT2D eigenvalue weighted by Gasteiger charge is 2.35. The molecule has 2 nitrogen and oxygen atoms in total. The van der Waals surface area contributed by atoms with Gasteiger partial charge in [0.15, 0.2) is 0 Å². The van der Waals surface area contributed by atoms with E-state index in [-0.39, 0.29) is 5.41 Å². The lowest BCUT2D eigenvalue weighted by molar-refractivity contribution is 0.660. The van der Waals surface area contributed by atoms with E-state index in [1.165, 1.54) is 143 Å². The summed E-state index contributed by atoms with van der Waals surface area (Å²) in [6.07, 6.45) is 9.17. The first-order chi connectivity index (χ1) is 37.9. The maximum absolute atomic E-state index is 2.41. The summed E-state index contributed by atoms with van der Waals surface area (Å²) in [4.78, 5) is 0. The fraction of sp³-hybridized carbons (Fsp3) is 0.0400. The van der Waals surface area contributed by atoms with E-state index >= 15 is 0 Å². The third-order valence-corrected chi connectivity index (χ3v) is 16.5. The molecule has 0 saturated carbocycles. The predicted molar refractivity (Wildman–Crippen MR) is 329 cm³/mol. The maximum Gasteiger partial charge on any atom is 0.0541 e. The molecule has 0 saturated heterocycles. The Morgan fingerprint density at radius 2 is 0.636 bits per heavy atom. The third kappa shape index (κ3) is 7.25. The van der Waals surface area contributed by atoms with Crippen molar-refractivity contribution in [1.82, 2.24) is 9.13 Å². The molecule has 0 fully saturated rings. The molecule has 362 valence electrons. The molecule has 0 atom stereocenters. The molecule has 0 unspecified atom stereocenters. The maximum atomic E-state index is 2.41. The third-order valence-electron chi connectivity index (χ3n) is 16.5. The second-order valence-electron chi connectivity index (χ2n) is 21.2. The fourth-order valence-electron chi connectivity index (χ4n) is 12.8. The molecule has 14 aromatic rings. The molecule has 0 bridgehead atoms. The minimum Gasteiger partial charge on any atom is -0.309 e. The van der Waals surface area contributed by atoms with E-state index in [2.05, 4.69) is 302 Å². The van der Waals surface area contributed by atoms with Crippen LogP contribution in [0.2, 0.25) is 0 Å². The number of para-hydroxylation sites is 4. The second kappa shape index (κ2) is 17.7. The van der Waals surface area contributed by atoms with Gasteiger partial charge in [0.25, 0.3) is 0 Å². The zero-order chi connectivity index (χ0) is 51.2. The van der Waals surface area contributed by atoms with Crippen LogP contribution in [-0.4, -0.2) is 9.13 Å². The smallest absolute Gasteiger partial charge is 0.0541 e. The van der Waals surface area contributed by atoms with E-state index in [0.717, 1.165) is 0 Å². The van der Waals surface area contributed by atoms with E-state index in [1.807, 2.05) is 0 Å². The minimum absolute atomic E-state index is 0.163. The minimum atomic E-state index is -0.163.